The Kier molecular flexibility index (Phi) is 3.54. The van der Waals surface area contributed by atoms with Gasteiger partial charge in [0.05, 0.1) is 16.6 Å². The molecular weight excluding hydrogens is 386 g/mol. The van der Waals surface area contributed by atoms with Gasteiger partial charge in [-0.2, -0.15) is 0 Å². The van der Waals surface area contributed by atoms with Crippen molar-refractivity contribution in [3.05, 3.63) is 115 Å². The summed E-state index contributed by atoms with van der Waals surface area (Å²) < 4.78 is 2.43. The number of nitrogens with zero attached hydrogens (tertiary/aromatic N) is 1. The Hall–Kier alpha value is -4.10. The zero-order valence-electron chi connectivity index (χ0n) is 17.8. The van der Waals surface area contributed by atoms with Gasteiger partial charge < -0.3 is 4.40 Å². The molecule has 0 saturated carbocycles. The van der Waals surface area contributed by atoms with E-state index in [0.717, 1.165) is 0 Å². The number of rotatable bonds is 2. The highest BCUT2D eigenvalue weighted by Gasteiger charge is 2.17. The van der Waals surface area contributed by atoms with Gasteiger partial charge in [-0.05, 0) is 59.0 Å². The van der Waals surface area contributed by atoms with Crippen molar-refractivity contribution < 1.29 is 0 Å². The largest absolute Gasteiger partial charge is 0.308 e. The van der Waals surface area contributed by atoms with E-state index in [0.29, 0.717) is 0 Å². The van der Waals surface area contributed by atoms with Crippen LogP contribution in [-0.4, -0.2) is 4.40 Å². The van der Waals surface area contributed by atoms with Crippen LogP contribution in [0, 0.1) is 6.92 Å². The second-order valence-corrected chi connectivity index (χ2v) is 8.68. The van der Waals surface area contributed by atoms with E-state index in [1.54, 1.807) is 0 Å². The van der Waals surface area contributed by atoms with Gasteiger partial charge >= 0.3 is 0 Å². The van der Waals surface area contributed by atoms with Gasteiger partial charge in [-0.3, -0.25) is 0 Å². The molecule has 0 aliphatic rings. The summed E-state index contributed by atoms with van der Waals surface area (Å²) in [6, 6.07) is 39.8. The monoisotopic (exact) mass is 407 g/mol. The quantitative estimate of drug-likeness (QED) is 0.271. The summed E-state index contributed by atoms with van der Waals surface area (Å²) in [6.07, 6.45) is 0. The minimum Gasteiger partial charge on any atom is -0.308 e. The van der Waals surface area contributed by atoms with Crippen molar-refractivity contribution in [1.29, 1.82) is 0 Å². The molecule has 0 saturated heterocycles. The van der Waals surface area contributed by atoms with Crippen LogP contribution in [0.15, 0.2) is 109 Å². The molecule has 7 rings (SSSR count). The Morgan fingerprint density at radius 2 is 1.12 bits per heavy atom. The van der Waals surface area contributed by atoms with E-state index in [1.807, 2.05) is 0 Å². The molecule has 2 heterocycles. The van der Waals surface area contributed by atoms with E-state index in [-0.39, 0.29) is 0 Å². The summed E-state index contributed by atoms with van der Waals surface area (Å²) in [5, 5.41) is 5.29. The fraction of sp³-hybridized carbons (Fsp3) is 0.0323. The molecule has 1 heteroatoms. The van der Waals surface area contributed by atoms with Crippen molar-refractivity contribution >= 4 is 38.1 Å². The molecule has 32 heavy (non-hydrogen) atoms. The number of hydrogen-bond acceptors (Lipinski definition) is 0. The minimum absolute atomic E-state index is 1.25. The lowest BCUT2D eigenvalue weighted by Gasteiger charge is -2.09. The summed E-state index contributed by atoms with van der Waals surface area (Å²) in [7, 11) is 0. The fourth-order valence-corrected chi connectivity index (χ4v) is 5.38. The average molecular weight is 408 g/mol. The SMILES string of the molecule is Cc1ccccc1-c1cccc(-c2ccc3c(c2)c2cccc4c5ccccc5n3c42)c1. The molecule has 0 bridgehead atoms. The smallest absolute Gasteiger partial charge is 0.0620 e. The van der Waals surface area contributed by atoms with Crippen LogP contribution >= 0.6 is 0 Å². The molecule has 0 amide bonds. The Bertz CT molecular complexity index is 1780. The first-order chi connectivity index (χ1) is 15.8. The van der Waals surface area contributed by atoms with E-state index in [1.165, 1.54) is 65.9 Å². The zero-order chi connectivity index (χ0) is 21.2. The second kappa shape index (κ2) is 6.45. The normalized spacial score (nSPS) is 11.9. The third kappa shape index (κ3) is 2.34. The predicted molar refractivity (Wildman–Crippen MR) is 137 cm³/mol. The number of aromatic nitrogens is 1. The number of para-hydroxylation sites is 2. The van der Waals surface area contributed by atoms with Crippen LogP contribution in [0.1, 0.15) is 5.56 Å². The first kappa shape index (κ1) is 17.6. The number of fused-ring (bicyclic) bond motifs is 6. The van der Waals surface area contributed by atoms with Crippen LogP contribution in [0.3, 0.4) is 0 Å². The molecule has 0 unspecified atom stereocenters. The maximum Gasteiger partial charge on any atom is 0.0620 e. The van der Waals surface area contributed by atoms with E-state index < -0.39 is 0 Å². The maximum atomic E-state index is 2.43. The molecule has 5 aromatic carbocycles. The third-order valence-corrected chi connectivity index (χ3v) is 6.87. The van der Waals surface area contributed by atoms with Crippen molar-refractivity contribution in [3.8, 4) is 22.3 Å². The average Bonchev–Trinajstić information content (AvgIpc) is 3.36. The van der Waals surface area contributed by atoms with Crippen molar-refractivity contribution in [2.75, 3.05) is 0 Å². The van der Waals surface area contributed by atoms with Gasteiger partial charge in [-0.15, -0.1) is 0 Å². The van der Waals surface area contributed by atoms with Crippen molar-refractivity contribution in [2.45, 2.75) is 6.92 Å². The minimum atomic E-state index is 1.25. The topological polar surface area (TPSA) is 4.41 Å². The lowest BCUT2D eigenvalue weighted by molar-refractivity contribution is 1.37. The summed E-state index contributed by atoms with van der Waals surface area (Å²) in [6.45, 7) is 2.18. The Balaban J connectivity index is 1.49. The van der Waals surface area contributed by atoms with E-state index in [4.69, 9.17) is 0 Å². The highest BCUT2D eigenvalue weighted by molar-refractivity contribution is 6.23. The molecule has 7 aromatic rings. The first-order valence-electron chi connectivity index (χ1n) is 11.1. The number of aryl methyl sites for hydroxylation is 1. The van der Waals surface area contributed by atoms with Crippen molar-refractivity contribution in [2.24, 2.45) is 0 Å². The van der Waals surface area contributed by atoms with Gasteiger partial charge in [0, 0.05) is 21.5 Å². The van der Waals surface area contributed by atoms with Gasteiger partial charge in [0.2, 0.25) is 0 Å². The predicted octanol–water partition coefficient (Wildman–Crippen LogP) is 8.48. The van der Waals surface area contributed by atoms with Crippen LogP contribution in [-0.2, 0) is 0 Å². The highest BCUT2D eigenvalue weighted by atomic mass is 14.9. The molecule has 0 spiro atoms. The summed E-state index contributed by atoms with van der Waals surface area (Å²) in [4.78, 5) is 0. The lowest BCUT2D eigenvalue weighted by atomic mass is 9.96. The van der Waals surface area contributed by atoms with Crippen molar-refractivity contribution in [3.63, 3.8) is 0 Å². The van der Waals surface area contributed by atoms with Gasteiger partial charge in [-0.25, -0.2) is 0 Å². The lowest BCUT2D eigenvalue weighted by Crippen LogP contribution is -1.85. The molecule has 0 radical (unpaired) electrons. The maximum absolute atomic E-state index is 2.43. The molecule has 150 valence electrons. The molecule has 0 atom stereocenters. The van der Waals surface area contributed by atoms with Gasteiger partial charge in [0.1, 0.15) is 0 Å². The molecule has 1 nitrogen and oxygen atoms in total. The Morgan fingerprint density at radius 3 is 2.03 bits per heavy atom. The molecule has 0 N–H and O–H groups in total. The summed E-state index contributed by atoms with van der Waals surface area (Å²) in [5.41, 5.74) is 10.3. The Labute approximate surface area is 186 Å². The molecule has 2 aromatic heterocycles. The van der Waals surface area contributed by atoms with E-state index in [9.17, 15) is 0 Å². The molecule has 0 fully saturated rings. The molecule has 0 aliphatic heterocycles. The van der Waals surface area contributed by atoms with Crippen molar-refractivity contribution in [1.82, 2.24) is 4.40 Å². The van der Waals surface area contributed by atoms with Crippen LogP contribution in [0.2, 0.25) is 0 Å². The fourth-order valence-electron chi connectivity index (χ4n) is 5.38. The summed E-state index contributed by atoms with van der Waals surface area (Å²) >= 11 is 0. The second-order valence-electron chi connectivity index (χ2n) is 8.68. The molecule has 0 aliphatic carbocycles. The van der Waals surface area contributed by atoms with Crippen LogP contribution in [0.25, 0.3) is 60.3 Å². The standard InChI is InChI=1S/C31H21N/c1-20-8-2-3-11-24(20)23-10-6-9-21(18-23)22-16-17-30-28(19-22)27-14-7-13-26-25-12-4-5-15-29(25)32(30)31(26)27/h2-19H,1H3. The highest BCUT2D eigenvalue weighted by Crippen LogP contribution is 2.40. The number of hydrogen-bond donors (Lipinski definition) is 0. The van der Waals surface area contributed by atoms with E-state index >= 15 is 0 Å². The molecular formula is C31H21N. The van der Waals surface area contributed by atoms with Crippen LogP contribution < -0.4 is 0 Å². The van der Waals surface area contributed by atoms with Gasteiger partial charge in [-0.1, -0.05) is 84.9 Å². The Morgan fingerprint density at radius 1 is 0.469 bits per heavy atom. The third-order valence-electron chi connectivity index (χ3n) is 6.87. The van der Waals surface area contributed by atoms with E-state index in [2.05, 4.69) is 121 Å². The summed E-state index contributed by atoms with van der Waals surface area (Å²) in [5.74, 6) is 0. The van der Waals surface area contributed by atoms with Crippen LogP contribution in [0.5, 0.6) is 0 Å². The van der Waals surface area contributed by atoms with Gasteiger partial charge in [0.25, 0.3) is 0 Å². The number of benzene rings is 5. The van der Waals surface area contributed by atoms with Gasteiger partial charge in [0.15, 0.2) is 0 Å². The first-order valence-corrected chi connectivity index (χ1v) is 11.1. The van der Waals surface area contributed by atoms with Crippen LogP contribution in [0.4, 0.5) is 0 Å². The zero-order valence-corrected chi connectivity index (χ0v) is 17.8.